The smallest absolute Gasteiger partial charge is 0.335 e. The number of imide groups is 1. The van der Waals surface area contributed by atoms with Crippen LogP contribution in [-0.2, 0) is 10.0 Å². The largest absolute Gasteiger partial charge is 0.481 e. The molecule has 1 aliphatic heterocycles. The average Bonchev–Trinajstić information content (AvgIpc) is 3.07. The Labute approximate surface area is 192 Å². The van der Waals surface area contributed by atoms with Crippen molar-refractivity contribution in [2.75, 3.05) is 23.8 Å². The minimum absolute atomic E-state index is 0.0464. The van der Waals surface area contributed by atoms with E-state index in [2.05, 4.69) is 14.7 Å². The summed E-state index contributed by atoms with van der Waals surface area (Å²) in [6.45, 7) is 0. The number of carboxylic acid groups (broad SMARTS) is 1. The van der Waals surface area contributed by atoms with E-state index < -0.39 is 27.8 Å². The summed E-state index contributed by atoms with van der Waals surface area (Å²) in [7, 11) is -1.44. The number of aromatic nitrogens is 2. The maximum Gasteiger partial charge on any atom is 0.335 e. The fraction of sp³-hybridized carbons (Fsp3) is 0.0952. The van der Waals surface area contributed by atoms with Gasteiger partial charge in [-0.1, -0.05) is 0 Å². The maximum absolute atomic E-state index is 12.8. The predicted octanol–water partition coefficient (Wildman–Crippen LogP) is 1.79. The van der Waals surface area contributed by atoms with Crippen molar-refractivity contribution in [2.24, 2.45) is 0 Å². The van der Waals surface area contributed by atoms with Crippen molar-refractivity contribution in [3.05, 3.63) is 65.2 Å². The molecule has 4 rings (SSSR count). The lowest BCUT2D eigenvalue weighted by molar-refractivity contribution is 0.0696. The van der Waals surface area contributed by atoms with Crippen LogP contribution >= 0.6 is 0 Å². The zero-order valence-corrected chi connectivity index (χ0v) is 18.5. The molecule has 0 saturated heterocycles. The Kier molecular flexibility index (Phi) is 5.63. The molecule has 2 amide bonds. The van der Waals surface area contributed by atoms with E-state index in [1.54, 1.807) is 0 Å². The van der Waals surface area contributed by atoms with Gasteiger partial charge in [0.25, 0.3) is 21.8 Å². The van der Waals surface area contributed by atoms with Crippen molar-refractivity contribution >= 4 is 39.3 Å². The van der Waals surface area contributed by atoms with Crippen molar-refractivity contribution in [3.8, 4) is 11.9 Å². The number of fused-ring (bicyclic) bond motifs is 1. The van der Waals surface area contributed by atoms with E-state index in [0.717, 1.165) is 11.0 Å². The third-order valence-electron chi connectivity index (χ3n) is 4.85. The zero-order chi connectivity index (χ0) is 24.6. The summed E-state index contributed by atoms with van der Waals surface area (Å²) in [4.78, 5) is 45.1. The normalized spacial score (nSPS) is 12.9. The first-order chi connectivity index (χ1) is 16.1. The second-order valence-corrected chi connectivity index (χ2v) is 8.58. The number of ether oxygens (including phenoxy) is 2. The molecule has 0 unspecified atom stereocenters. The molecule has 0 aliphatic carbocycles. The predicted molar refractivity (Wildman–Crippen MR) is 117 cm³/mol. The summed E-state index contributed by atoms with van der Waals surface area (Å²) in [5.41, 5.74) is -0.00501. The summed E-state index contributed by atoms with van der Waals surface area (Å²) in [6.07, 6.45) is 0. The van der Waals surface area contributed by atoms with Crippen LogP contribution in [0.4, 0.5) is 11.5 Å². The molecule has 0 saturated carbocycles. The summed E-state index contributed by atoms with van der Waals surface area (Å²) >= 11 is 0. The van der Waals surface area contributed by atoms with Gasteiger partial charge in [-0.25, -0.2) is 18.1 Å². The molecule has 0 spiro atoms. The molecule has 1 aromatic heterocycles. The summed E-state index contributed by atoms with van der Waals surface area (Å²) in [6, 6.07) is 9.78. The highest BCUT2D eigenvalue weighted by atomic mass is 32.2. The molecule has 1 aliphatic rings. The molecule has 2 N–H and O–H groups in total. The molecule has 0 bridgehead atoms. The van der Waals surface area contributed by atoms with Crippen molar-refractivity contribution in [1.82, 2.24) is 9.97 Å². The Bertz CT molecular complexity index is 1420. The standard InChI is InChI=1S/C21H16N4O8S/c1-32-17-10-16(22-21(23-17)33-2)24-34(30,31)13-6-4-12(5-7-13)25-18(26)14-8-3-11(20(28)29)9-15(14)19(25)27/h3-10H,1-2H3,(H,28,29)(H,22,23,24). The SMILES string of the molecule is COc1cc(NS(=O)(=O)c2ccc(N3C(=O)c4ccc(C(=O)O)cc4C3=O)cc2)nc(OC)n1. The zero-order valence-electron chi connectivity index (χ0n) is 17.7. The van der Waals surface area contributed by atoms with Crippen LogP contribution in [0.2, 0.25) is 0 Å². The van der Waals surface area contributed by atoms with Gasteiger partial charge in [0, 0.05) is 6.07 Å². The fourth-order valence-electron chi connectivity index (χ4n) is 3.23. The Morgan fingerprint density at radius 3 is 2.24 bits per heavy atom. The van der Waals surface area contributed by atoms with Crippen molar-refractivity contribution in [2.45, 2.75) is 4.90 Å². The molecule has 0 fully saturated rings. The molecular formula is C21H16N4O8S. The Balaban J connectivity index is 1.60. The monoisotopic (exact) mass is 484 g/mol. The van der Waals surface area contributed by atoms with Gasteiger partial charge in [0.1, 0.15) is 0 Å². The minimum atomic E-state index is -4.10. The van der Waals surface area contributed by atoms with Gasteiger partial charge in [0.15, 0.2) is 5.82 Å². The number of nitrogens with zero attached hydrogens (tertiary/aromatic N) is 3. The van der Waals surface area contributed by atoms with Crippen LogP contribution in [0.1, 0.15) is 31.1 Å². The van der Waals surface area contributed by atoms with Crippen LogP contribution < -0.4 is 19.1 Å². The number of carbonyl (C=O) groups excluding carboxylic acids is 2. The molecule has 34 heavy (non-hydrogen) atoms. The number of hydrogen-bond acceptors (Lipinski definition) is 9. The second kappa shape index (κ2) is 8.44. The molecule has 12 nitrogen and oxygen atoms in total. The number of benzene rings is 2. The van der Waals surface area contributed by atoms with Crippen LogP contribution in [0.15, 0.2) is 53.4 Å². The van der Waals surface area contributed by atoms with E-state index in [4.69, 9.17) is 14.6 Å². The lowest BCUT2D eigenvalue weighted by atomic mass is 10.1. The number of sulfonamides is 1. The minimum Gasteiger partial charge on any atom is -0.481 e. The fourth-order valence-corrected chi connectivity index (χ4v) is 4.22. The summed E-state index contributed by atoms with van der Waals surface area (Å²) < 4.78 is 37.8. The van der Waals surface area contributed by atoms with Gasteiger partial charge in [-0.2, -0.15) is 9.97 Å². The number of carboxylic acids is 1. The van der Waals surface area contributed by atoms with E-state index in [9.17, 15) is 22.8 Å². The topological polar surface area (TPSA) is 165 Å². The quantitative estimate of drug-likeness (QED) is 0.472. The second-order valence-electron chi connectivity index (χ2n) is 6.89. The molecule has 3 aromatic rings. The van der Waals surface area contributed by atoms with Crippen LogP contribution in [0.5, 0.6) is 11.9 Å². The lowest BCUT2D eigenvalue weighted by Crippen LogP contribution is -2.29. The highest BCUT2D eigenvalue weighted by Crippen LogP contribution is 2.30. The molecule has 13 heteroatoms. The average molecular weight is 484 g/mol. The van der Waals surface area contributed by atoms with E-state index in [1.165, 1.54) is 56.7 Å². The van der Waals surface area contributed by atoms with Gasteiger partial charge in [-0.15, -0.1) is 0 Å². The van der Waals surface area contributed by atoms with Crippen molar-refractivity contribution < 1.29 is 37.4 Å². The van der Waals surface area contributed by atoms with Crippen molar-refractivity contribution in [1.29, 1.82) is 0 Å². The number of nitrogens with one attached hydrogen (secondary N) is 1. The number of methoxy groups -OCH3 is 2. The van der Waals surface area contributed by atoms with Crippen LogP contribution in [-0.4, -0.2) is 55.5 Å². The van der Waals surface area contributed by atoms with Gasteiger partial charge >= 0.3 is 12.0 Å². The van der Waals surface area contributed by atoms with Gasteiger partial charge in [-0.05, 0) is 42.5 Å². The third-order valence-corrected chi connectivity index (χ3v) is 6.22. The van der Waals surface area contributed by atoms with E-state index in [1.807, 2.05) is 0 Å². The van der Waals surface area contributed by atoms with E-state index in [0.29, 0.717) is 0 Å². The van der Waals surface area contributed by atoms with Gasteiger partial charge in [0.2, 0.25) is 5.88 Å². The van der Waals surface area contributed by atoms with Crippen LogP contribution in [0.25, 0.3) is 0 Å². The highest BCUT2D eigenvalue weighted by molar-refractivity contribution is 7.92. The van der Waals surface area contributed by atoms with Crippen LogP contribution in [0, 0.1) is 0 Å². The highest BCUT2D eigenvalue weighted by Gasteiger charge is 2.37. The summed E-state index contributed by atoms with van der Waals surface area (Å²) in [5.74, 6) is -2.61. The van der Waals surface area contributed by atoms with E-state index in [-0.39, 0.29) is 45.0 Å². The molecule has 174 valence electrons. The van der Waals surface area contributed by atoms with Gasteiger partial charge in [0.05, 0.1) is 41.5 Å². The first-order valence-corrected chi connectivity index (χ1v) is 11.0. The third kappa shape index (κ3) is 3.99. The Morgan fingerprint density at radius 2 is 1.62 bits per heavy atom. The molecule has 0 atom stereocenters. The number of carbonyl (C=O) groups is 3. The molecule has 0 radical (unpaired) electrons. The lowest BCUT2D eigenvalue weighted by Gasteiger charge is -2.15. The molecule has 2 heterocycles. The number of anilines is 2. The Morgan fingerprint density at radius 1 is 0.941 bits per heavy atom. The Hall–Kier alpha value is -4.52. The number of amides is 2. The number of rotatable bonds is 7. The first kappa shape index (κ1) is 22.7. The number of hydrogen-bond donors (Lipinski definition) is 2. The van der Waals surface area contributed by atoms with Gasteiger partial charge in [-0.3, -0.25) is 14.3 Å². The molecular weight excluding hydrogens is 468 g/mol. The first-order valence-electron chi connectivity index (χ1n) is 9.50. The number of aromatic carboxylic acids is 1. The van der Waals surface area contributed by atoms with E-state index >= 15 is 0 Å². The summed E-state index contributed by atoms with van der Waals surface area (Å²) in [5, 5.41) is 9.13. The van der Waals surface area contributed by atoms with Gasteiger partial charge < -0.3 is 14.6 Å². The molecule has 2 aromatic carbocycles. The maximum atomic E-state index is 12.8. The van der Waals surface area contributed by atoms with Crippen LogP contribution in [0.3, 0.4) is 0 Å². The van der Waals surface area contributed by atoms with Crippen molar-refractivity contribution in [3.63, 3.8) is 0 Å².